The normalized spacial score (nSPS) is 31.0. The molecule has 8 heteroatoms. The monoisotopic (exact) mass is 329 g/mol. The number of hydrogen-bond acceptors (Lipinski definition) is 8. The topological polar surface area (TPSA) is 121 Å². The molecule has 1 saturated heterocycles. The number of aromatic hydroxyl groups is 1. The van der Waals surface area contributed by atoms with E-state index in [1.54, 1.807) is 7.05 Å². The molecule has 1 aromatic carbocycles. The number of hydrogen-bond donors (Lipinski definition) is 5. The second-order valence-electron chi connectivity index (χ2n) is 5.26. The van der Waals surface area contributed by atoms with Crippen LogP contribution in [0.3, 0.4) is 0 Å². The van der Waals surface area contributed by atoms with Crippen LogP contribution in [0.15, 0.2) is 24.3 Å². The lowest BCUT2D eigenvalue weighted by molar-refractivity contribution is -0.296. The maximum Gasteiger partial charge on any atom is 0.187 e. The standard InChI is InChI=1S/C15H23NO7/c1-16-6-7-21-15-13(20)14(12(19)11(8-17)23-15)22-10-4-2-9(18)3-5-10/h2-5,11-20H,6-8H2,1H3/t11?,12-,13?,14?,15-/m0/s1. The smallest absolute Gasteiger partial charge is 0.187 e. The van der Waals surface area contributed by atoms with E-state index in [1.807, 2.05) is 0 Å². The van der Waals surface area contributed by atoms with Crippen molar-refractivity contribution in [2.45, 2.75) is 30.7 Å². The minimum Gasteiger partial charge on any atom is -0.508 e. The summed E-state index contributed by atoms with van der Waals surface area (Å²) in [6.07, 6.45) is -5.46. The first-order valence-corrected chi connectivity index (χ1v) is 7.41. The highest BCUT2D eigenvalue weighted by Crippen LogP contribution is 2.27. The van der Waals surface area contributed by atoms with Gasteiger partial charge in [-0.1, -0.05) is 0 Å². The first kappa shape index (κ1) is 17.9. The lowest BCUT2D eigenvalue weighted by Gasteiger charge is -2.41. The van der Waals surface area contributed by atoms with E-state index in [4.69, 9.17) is 14.2 Å². The Bertz CT molecular complexity index is 469. The van der Waals surface area contributed by atoms with Crippen molar-refractivity contribution in [3.8, 4) is 11.5 Å². The molecule has 5 N–H and O–H groups in total. The highest BCUT2D eigenvalue weighted by atomic mass is 16.7. The van der Waals surface area contributed by atoms with Gasteiger partial charge < -0.3 is 40.0 Å². The van der Waals surface area contributed by atoms with Gasteiger partial charge in [0.2, 0.25) is 0 Å². The SMILES string of the molecule is CNCCO[C@H]1OC(CO)[C@H](O)C(Oc2ccc(O)cc2)C1O. The van der Waals surface area contributed by atoms with Crippen molar-refractivity contribution in [1.29, 1.82) is 0 Å². The molecule has 5 atom stereocenters. The number of aliphatic hydroxyl groups excluding tert-OH is 3. The van der Waals surface area contributed by atoms with Crippen LogP contribution in [0.1, 0.15) is 0 Å². The van der Waals surface area contributed by atoms with Crippen LogP contribution < -0.4 is 10.1 Å². The zero-order chi connectivity index (χ0) is 16.8. The summed E-state index contributed by atoms with van der Waals surface area (Å²) < 4.78 is 16.4. The Kier molecular flexibility index (Phi) is 6.58. The molecule has 0 saturated carbocycles. The minimum atomic E-state index is -1.24. The van der Waals surface area contributed by atoms with Gasteiger partial charge in [0.15, 0.2) is 12.4 Å². The Morgan fingerprint density at radius 3 is 2.48 bits per heavy atom. The van der Waals surface area contributed by atoms with Gasteiger partial charge in [0, 0.05) is 6.54 Å². The predicted octanol–water partition coefficient (Wildman–Crippen LogP) is -1.19. The van der Waals surface area contributed by atoms with Gasteiger partial charge in [0.1, 0.15) is 29.8 Å². The minimum absolute atomic E-state index is 0.0759. The van der Waals surface area contributed by atoms with Crippen molar-refractivity contribution < 1.29 is 34.6 Å². The van der Waals surface area contributed by atoms with Crippen LogP contribution in [0.5, 0.6) is 11.5 Å². The summed E-state index contributed by atoms with van der Waals surface area (Å²) >= 11 is 0. The molecule has 0 amide bonds. The van der Waals surface area contributed by atoms with E-state index in [0.717, 1.165) is 0 Å². The summed E-state index contributed by atoms with van der Waals surface area (Å²) in [5.74, 6) is 0.436. The first-order valence-electron chi connectivity index (χ1n) is 7.41. The summed E-state index contributed by atoms with van der Waals surface area (Å²) in [6.45, 7) is 0.413. The number of likely N-dealkylation sites (N-methyl/N-ethyl adjacent to an activating group) is 1. The third kappa shape index (κ3) is 4.54. The Morgan fingerprint density at radius 2 is 1.87 bits per heavy atom. The lowest BCUT2D eigenvalue weighted by Crippen LogP contribution is -2.61. The largest absolute Gasteiger partial charge is 0.508 e. The zero-order valence-electron chi connectivity index (χ0n) is 12.8. The molecule has 1 aromatic rings. The van der Waals surface area contributed by atoms with Crippen molar-refractivity contribution in [1.82, 2.24) is 5.32 Å². The molecule has 8 nitrogen and oxygen atoms in total. The van der Waals surface area contributed by atoms with Gasteiger partial charge in [-0.05, 0) is 31.3 Å². The van der Waals surface area contributed by atoms with Gasteiger partial charge in [-0.25, -0.2) is 0 Å². The molecule has 0 aliphatic carbocycles. The van der Waals surface area contributed by atoms with E-state index in [-0.39, 0.29) is 5.75 Å². The fourth-order valence-corrected chi connectivity index (χ4v) is 2.29. The van der Waals surface area contributed by atoms with Crippen molar-refractivity contribution in [2.24, 2.45) is 0 Å². The van der Waals surface area contributed by atoms with E-state index < -0.39 is 37.3 Å². The van der Waals surface area contributed by atoms with Crippen molar-refractivity contribution in [3.05, 3.63) is 24.3 Å². The predicted molar refractivity (Wildman–Crippen MR) is 80.2 cm³/mol. The second-order valence-corrected chi connectivity index (χ2v) is 5.26. The van der Waals surface area contributed by atoms with Gasteiger partial charge in [-0.15, -0.1) is 0 Å². The highest BCUT2D eigenvalue weighted by molar-refractivity contribution is 5.30. The fraction of sp³-hybridized carbons (Fsp3) is 0.600. The van der Waals surface area contributed by atoms with E-state index in [0.29, 0.717) is 18.9 Å². The van der Waals surface area contributed by atoms with E-state index >= 15 is 0 Å². The molecule has 1 fully saturated rings. The van der Waals surface area contributed by atoms with Crippen LogP contribution in [0.2, 0.25) is 0 Å². The highest BCUT2D eigenvalue weighted by Gasteiger charge is 2.46. The van der Waals surface area contributed by atoms with Gasteiger partial charge >= 0.3 is 0 Å². The number of aliphatic hydroxyl groups is 3. The number of rotatable bonds is 7. The Hall–Kier alpha value is -1.42. The molecule has 1 aliphatic heterocycles. The Balaban J connectivity index is 2.08. The molecule has 0 bridgehead atoms. The summed E-state index contributed by atoms with van der Waals surface area (Å²) in [4.78, 5) is 0. The van der Waals surface area contributed by atoms with Crippen LogP contribution in [0.25, 0.3) is 0 Å². The quantitative estimate of drug-likeness (QED) is 0.396. The summed E-state index contributed by atoms with van der Waals surface area (Å²) in [6, 6.07) is 5.87. The maximum atomic E-state index is 10.3. The molecule has 1 heterocycles. The molecule has 3 unspecified atom stereocenters. The molecule has 0 spiro atoms. The molecular weight excluding hydrogens is 306 g/mol. The van der Waals surface area contributed by atoms with Crippen LogP contribution in [0.4, 0.5) is 0 Å². The number of benzene rings is 1. The van der Waals surface area contributed by atoms with Crippen molar-refractivity contribution in [2.75, 3.05) is 26.8 Å². The first-order chi connectivity index (χ1) is 11.1. The number of nitrogens with one attached hydrogen (secondary N) is 1. The summed E-state index contributed by atoms with van der Waals surface area (Å²) in [5.41, 5.74) is 0. The number of phenolic OH excluding ortho intramolecular Hbond substituents is 1. The molecule has 0 aromatic heterocycles. The second kappa shape index (κ2) is 8.44. The number of ether oxygens (including phenoxy) is 3. The molecule has 2 rings (SSSR count). The summed E-state index contributed by atoms with van der Waals surface area (Å²) in [7, 11) is 1.76. The zero-order valence-corrected chi connectivity index (χ0v) is 12.8. The van der Waals surface area contributed by atoms with Gasteiger partial charge in [0.05, 0.1) is 13.2 Å². The maximum absolute atomic E-state index is 10.3. The lowest BCUT2D eigenvalue weighted by atomic mass is 9.99. The average molecular weight is 329 g/mol. The van der Waals surface area contributed by atoms with Crippen LogP contribution in [0, 0.1) is 0 Å². The molecular formula is C15H23NO7. The third-order valence-electron chi connectivity index (χ3n) is 3.56. The Morgan fingerprint density at radius 1 is 1.17 bits per heavy atom. The Labute approximate surface area is 134 Å². The summed E-state index contributed by atoms with van der Waals surface area (Å²) in [5, 5.41) is 42.1. The average Bonchev–Trinajstić information content (AvgIpc) is 2.55. The van der Waals surface area contributed by atoms with Crippen molar-refractivity contribution >= 4 is 0 Å². The van der Waals surface area contributed by atoms with E-state index in [9.17, 15) is 20.4 Å². The van der Waals surface area contributed by atoms with Gasteiger partial charge in [-0.2, -0.15) is 0 Å². The fourth-order valence-electron chi connectivity index (χ4n) is 2.29. The van der Waals surface area contributed by atoms with Crippen LogP contribution in [-0.2, 0) is 9.47 Å². The van der Waals surface area contributed by atoms with Gasteiger partial charge in [-0.3, -0.25) is 0 Å². The molecule has 23 heavy (non-hydrogen) atoms. The van der Waals surface area contributed by atoms with Crippen LogP contribution >= 0.6 is 0 Å². The van der Waals surface area contributed by atoms with Crippen molar-refractivity contribution in [3.63, 3.8) is 0 Å². The molecule has 1 aliphatic rings. The van der Waals surface area contributed by atoms with Gasteiger partial charge in [0.25, 0.3) is 0 Å². The van der Waals surface area contributed by atoms with Crippen LogP contribution in [-0.4, -0.2) is 77.9 Å². The molecule has 0 radical (unpaired) electrons. The number of phenols is 1. The third-order valence-corrected chi connectivity index (χ3v) is 3.56. The van der Waals surface area contributed by atoms with E-state index in [2.05, 4.69) is 5.32 Å². The molecule has 130 valence electrons. The van der Waals surface area contributed by atoms with E-state index in [1.165, 1.54) is 24.3 Å².